The van der Waals surface area contributed by atoms with Gasteiger partial charge in [0.05, 0.1) is 6.04 Å². The van der Waals surface area contributed by atoms with Crippen molar-refractivity contribution in [2.24, 2.45) is 5.92 Å². The number of amides is 1. The molecule has 4 rings (SSSR count). The van der Waals surface area contributed by atoms with E-state index in [2.05, 4.69) is 16.0 Å². The molecule has 6 heteroatoms. The lowest BCUT2D eigenvalue weighted by atomic mass is 9.80. The molecule has 0 aliphatic carbocycles. The lowest BCUT2D eigenvalue weighted by molar-refractivity contribution is -0.132. The van der Waals surface area contributed by atoms with Gasteiger partial charge in [0, 0.05) is 11.3 Å². The summed E-state index contributed by atoms with van der Waals surface area (Å²) in [5.74, 6) is 0.171. The summed E-state index contributed by atoms with van der Waals surface area (Å²) in [5.41, 5.74) is 1.85. The standard InChI is InChI=1S/C19H19N3O2S/c1-11-7-3-5-9-13(11)20-17(23)15-16-12-8-4-6-10-14(12)24-19(15,2)22-18(25)21-16/h3-10,15-16H,1-2H3,(H,20,23)(H2,21,22,25)/t15-,16+,19-/m0/s1. The highest BCUT2D eigenvalue weighted by Crippen LogP contribution is 2.45. The van der Waals surface area contributed by atoms with Crippen molar-refractivity contribution in [1.29, 1.82) is 0 Å². The normalized spacial score (nSPS) is 26.6. The predicted molar refractivity (Wildman–Crippen MR) is 100 cm³/mol. The smallest absolute Gasteiger partial charge is 0.236 e. The van der Waals surface area contributed by atoms with Crippen LogP contribution in [0.3, 0.4) is 0 Å². The van der Waals surface area contributed by atoms with E-state index in [1.54, 1.807) is 0 Å². The number of carbonyl (C=O) groups excluding carboxylic acids is 1. The number of carbonyl (C=O) groups is 1. The van der Waals surface area contributed by atoms with Crippen molar-refractivity contribution in [3.8, 4) is 5.75 Å². The van der Waals surface area contributed by atoms with Gasteiger partial charge < -0.3 is 20.7 Å². The Morgan fingerprint density at radius 1 is 1.20 bits per heavy atom. The third-order valence-corrected chi connectivity index (χ3v) is 5.06. The summed E-state index contributed by atoms with van der Waals surface area (Å²) in [4.78, 5) is 13.1. The molecule has 3 N–H and O–H groups in total. The fourth-order valence-electron chi connectivity index (χ4n) is 3.61. The molecule has 2 bridgehead atoms. The van der Waals surface area contributed by atoms with Crippen LogP contribution in [0.25, 0.3) is 0 Å². The molecule has 2 heterocycles. The number of ether oxygens (including phenoxy) is 1. The van der Waals surface area contributed by atoms with Crippen LogP contribution in [-0.2, 0) is 4.79 Å². The van der Waals surface area contributed by atoms with Crippen molar-refractivity contribution in [2.75, 3.05) is 5.32 Å². The summed E-state index contributed by atoms with van der Waals surface area (Å²) in [6.45, 7) is 3.83. The van der Waals surface area contributed by atoms with Crippen LogP contribution in [0.4, 0.5) is 5.69 Å². The van der Waals surface area contributed by atoms with Gasteiger partial charge in [0.1, 0.15) is 11.7 Å². The number of hydrogen-bond acceptors (Lipinski definition) is 3. The van der Waals surface area contributed by atoms with E-state index in [1.165, 1.54) is 0 Å². The second kappa shape index (κ2) is 5.74. The number of nitrogens with one attached hydrogen (secondary N) is 3. The van der Waals surface area contributed by atoms with Gasteiger partial charge in [-0.05, 0) is 43.8 Å². The van der Waals surface area contributed by atoms with Crippen LogP contribution in [0.1, 0.15) is 24.1 Å². The highest BCUT2D eigenvalue weighted by molar-refractivity contribution is 7.80. The number of rotatable bonds is 2. The monoisotopic (exact) mass is 353 g/mol. The Balaban J connectivity index is 1.72. The minimum absolute atomic E-state index is 0.112. The summed E-state index contributed by atoms with van der Waals surface area (Å²) < 4.78 is 6.16. The third-order valence-electron chi connectivity index (χ3n) is 4.84. The van der Waals surface area contributed by atoms with Gasteiger partial charge in [-0.25, -0.2) is 0 Å². The van der Waals surface area contributed by atoms with E-state index in [1.807, 2.05) is 62.4 Å². The molecule has 128 valence electrons. The molecule has 2 aromatic rings. The number of fused-ring (bicyclic) bond motifs is 4. The summed E-state index contributed by atoms with van der Waals surface area (Å²) in [6.07, 6.45) is 0. The number of anilines is 1. The molecule has 0 aromatic heterocycles. The molecule has 0 unspecified atom stereocenters. The van der Waals surface area contributed by atoms with Crippen molar-refractivity contribution < 1.29 is 9.53 Å². The van der Waals surface area contributed by atoms with Gasteiger partial charge in [0.2, 0.25) is 5.91 Å². The molecule has 5 nitrogen and oxygen atoms in total. The van der Waals surface area contributed by atoms with E-state index in [0.717, 1.165) is 22.6 Å². The Labute approximate surface area is 151 Å². The maximum Gasteiger partial charge on any atom is 0.236 e. The molecule has 3 atom stereocenters. The van der Waals surface area contributed by atoms with Crippen molar-refractivity contribution in [1.82, 2.24) is 10.6 Å². The predicted octanol–water partition coefficient (Wildman–Crippen LogP) is 2.88. The SMILES string of the molecule is Cc1ccccc1NC(=O)[C@@H]1[C@@H]2NC(=S)N[C@@]1(C)Oc1ccccc12. The first-order valence-corrected chi connectivity index (χ1v) is 8.62. The zero-order valence-corrected chi connectivity index (χ0v) is 14.8. The van der Waals surface area contributed by atoms with Crippen LogP contribution in [0.2, 0.25) is 0 Å². The highest BCUT2D eigenvalue weighted by Gasteiger charge is 2.54. The molecular weight excluding hydrogens is 334 g/mol. The van der Waals surface area contributed by atoms with Gasteiger partial charge in [0.25, 0.3) is 0 Å². The van der Waals surface area contributed by atoms with Gasteiger partial charge >= 0.3 is 0 Å². The van der Waals surface area contributed by atoms with Crippen LogP contribution < -0.4 is 20.7 Å². The number of hydrogen-bond donors (Lipinski definition) is 3. The molecular formula is C19H19N3O2S. The van der Waals surface area contributed by atoms with E-state index in [9.17, 15) is 4.79 Å². The van der Waals surface area contributed by atoms with Crippen molar-refractivity contribution in [2.45, 2.75) is 25.6 Å². The molecule has 1 saturated heterocycles. The molecule has 0 saturated carbocycles. The van der Waals surface area contributed by atoms with E-state index in [0.29, 0.717) is 5.11 Å². The maximum absolute atomic E-state index is 13.1. The lowest BCUT2D eigenvalue weighted by Crippen LogP contribution is -2.70. The second-order valence-corrected chi connectivity index (χ2v) is 7.01. The summed E-state index contributed by atoms with van der Waals surface area (Å²) in [7, 11) is 0. The van der Waals surface area contributed by atoms with Gasteiger partial charge in [-0.1, -0.05) is 36.4 Å². The van der Waals surface area contributed by atoms with Crippen LogP contribution in [0, 0.1) is 12.8 Å². The largest absolute Gasteiger partial charge is 0.467 e. The topological polar surface area (TPSA) is 62.4 Å². The number of aryl methyl sites for hydroxylation is 1. The molecule has 1 amide bonds. The fraction of sp³-hybridized carbons (Fsp3) is 0.263. The molecule has 2 aromatic carbocycles. The molecule has 2 aliphatic heterocycles. The first-order valence-electron chi connectivity index (χ1n) is 8.21. The molecule has 0 spiro atoms. The zero-order valence-electron chi connectivity index (χ0n) is 14.0. The average Bonchev–Trinajstić information content (AvgIpc) is 2.55. The van der Waals surface area contributed by atoms with Crippen LogP contribution in [0.5, 0.6) is 5.75 Å². The first kappa shape index (κ1) is 15.9. The van der Waals surface area contributed by atoms with E-state index in [4.69, 9.17) is 17.0 Å². The van der Waals surface area contributed by atoms with Crippen LogP contribution in [-0.4, -0.2) is 16.7 Å². The Kier molecular flexibility index (Phi) is 3.65. The fourth-order valence-corrected chi connectivity index (χ4v) is 3.94. The van der Waals surface area contributed by atoms with Crippen molar-refractivity contribution in [3.63, 3.8) is 0 Å². The number of thiocarbonyl (C=S) groups is 1. The molecule has 2 aliphatic rings. The van der Waals surface area contributed by atoms with Gasteiger partial charge in [-0.3, -0.25) is 4.79 Å². The minimum Gasteiger partial charge on any atom is -0.467 e. The average molecular weight is 353 g/mol. The quantitative estimate of drug-likeness (QED) is 0.725. The van der Waals surface area contributed by atoms with Crippen molar-refractivity contribution in [3.05, 3.63) is 59.7 Å². The van der Waals surface area contributed by atoms with Crippen molar-refractivity contribution >= 4 is 28.9 Å². The lowest BCUT2D eigenvalue weighted by Gasteiger charge is -2.50. The summed E-state index contributed by atoms with van der Waals surface area (Å²) >= 11 is 5.32. The number of para-hydroxylation sites is 2. The highest BCUT2D eigenvalue weighted by atomic mass is 32.1. The maximum atomic E-state index is 13.1. The van der Waals surface area contributed by atoms with Crippen LogP contribution >= 0.6 is 12.2 Å². The molecule has 0 radical (unpaired) electrons. The van der Waals surface area contributed by atoms with Crippen LogP contribution in [0.15, 0.2) is 48.5 Å². The van der Waals surface area contributed by atoms with E-state index in [-0.39, 0.29) is 11.9 Å². The zero-order chi connectivity index (χ0) is 17.6. The van der Waals surface area contributed by atoms with Gasteiger partial charge in [-0.2, -0.15) is 0 Å². The molecule has 25 heavy (non-hydrogen) atoms. The summed E-state index contributed by atoms with van der Waals surface area (Å²) in [5, 5.41) is 9.90. The summed E-state index contributed by atoms with van der Waals surface area (Å²) in [6, 6.07) is 15.2. The van der Waals surface area contributed by atoms with Gasteiger partial charge in [-0.15, -0.1) is 0 Å². The second-order valence-electron chi connectivity index (χ2n) is 6.60. The van der Waals surface area contributed by atoms with Gasteiger partial charge in [0.15, 0.2) is 10.8 Å². The Morgan fingerprint density at radius 3 is 2.72 bits per heavy atom. The Morgan fingerprint density at radius 2 is 1.92 bits per heavy atom. The third kappa shape index (κ3) is 2.62. The number of benzene rings is 2. The molecule has 1 fully saturated rings. The Hall–Kier alpha value is -2.60. The minimum atomic E-state index is -0.909. The van der Waals surface area contributed by atoms with E-state index < -0.39 is 11.6 Å². The van der Waals surface area contributed by atoms with E-state index >= 15 is 0 Å². The first-order chi connectivity index (χ1) is 12.0. The Bertz CT molecular complexity index is 869.